The van der Waals surface area contributed by atoms with Crippen LogP contribution in [0.1, 0.15) is 18.4 Å². The van der Waals surface area contributed by atoms with Gasteiger partial charge in [0.15, 0.2) is 0 Å². The van der Waals surface area contributed by atoms with Gasteiger partial charge in [-0.05, 0) is 30.5 Å². The molecular formula is C17H25NO4. The summed E-state index contributed by atoms with van der Waals surface area (Å²) in [7, 11) is 3.31. The van der Waals surface area contributed by atoms with E-state index in [2.05, 4.69) is 0 Å². The molecule has 1 saturated heterocycles. The quantitative estimate of drug-likeness (QED) is 0.688. The molecule has 0 radical (unpaired) electrons. The van der Waals surface area contributed by atoms with Crippen LogP contribution in [0.15, 0.2) is 24.3 Å². The number of hydrogen-bond donors (Lipinski definition) is 0. The third kappa shape index (κ3) is 5.00. The van der Waals surface area contributed by atoms with E-state index in [9.17, 15) is 4.79 Å². The zero-order valence-electron chi connectivity index (χ0n) is 13.4. The molecule has 2 rings (SSSR count). The molecule has 0 bridgehead atoms. The molecule has 1 aromatic rings. The number of nitrogens with zero attached hydrogens (tertiary/aromatic N) is 1. The number of carbonyl (C=O) groups excluding carboxylic acids is 1. The Balaban J connectivity index is 1.71. The first-order chi connectivity index (χ1) is 10.7. The van der Waals surface area contributed by atoms with Gasteiger partial charge in [0.1, 0.15) is 5.75 Å². The van der Waals surface area contributed by atoms with Crippen molar-refractivity contribution in [1.29, 1.82) is 0 Å². The minimum Gasteiger partial charge on any atom is -0.497 e. The maximum Gasteiger partial charge on any atom is 0.222 e. The SMILES string of the molecule is COCCOC1CCN(C(=O)CCc2ccc(OC)cc2)C1. The summed E-state index contributed by atoms with van der Waals surface area (Å²) in [5, 5.41) is 0. The van der Waals surface area contributed by atoms with Crippen LogP contribution in [-0.2, 0) is 20.7 Å². The Morgan fingerprint density at radius 1 is 1.23 bits per heavy atom. The standard InChI is InChI=1S/C17H25NO4/c1-20-11-12-22-16-9-10-18(13-16)17(19)8-5-14-3-6-15(21-2)7-4-14/h3-4,6-7,16H,5,8-13H2,1-2H3. The van der Waals surface area contributed by atoms with Crippen molar-refractivity contribution in [3.05, 3.63) is 29.8 Å². The molecule has 1 aliphatic rings. The van der Waals surface area contributed by atoms with E-state index in [0.717, 1.165) is 30.7 Å². The minimum absolute atomic E-state index is 0.153. The molecule has 0 aromatic heterocycles. The summed E-state index contributed by atoms with van der Waals surface area (Å²) < 4.78 is 15.8. The van der Waals surface area contributed by atoms with Gasteiger partial charge in [-0.2, -0.15) is 0 Å². The molecular weight excluding hydrogens is 282 g/mol. The number of ether oxygens (including phenoxy) is 3. The summed E-state index contributed by atoms with van der Waals surface area (Å²) in [5.74, 6) is 1.04. The van der Waals surface area contributed by atoms with Gasteiger partial charge in [0.05, 0.1) is 26.4 Å². The van der Waals surface area contributed by atoms with Gasteiger partial charge in [0.25, 0.3) is 0 Å². The fourth-order valence-electron chi connectivity index (χ4n) is 2.59. The zero-order chi connectivity index (χ0) is 15.8. The maximum absolute atomic E-state index is 12.2. The highest BCUT2D eigenvalue weighted by atomic mass is 16.5. The molecule has 5 nitrogen and oxygen atoms in total. The molecule has 1 unspecified atom stereocenters. The molecule has 1 atom stereocenters. The Kier molecular flexibility index (Phi) is 6.68. The van der Waals surface area contributed by atoms with Gasteiger partial charge in [0.2, 0.25) is 5.91 Å². The van der Waals surface area contributed by atoms with Crippen LogP contribution in [0.4, 0.5) is 0 Å². The summed E-state index contributed by atoms with van der Waals surface area (Å²) >= 11 is 0. The van der Waals surface area contributed by atoms with Crippen molar-refractivity contribution in [2.45, 2.75) is 25.4 Å². The lowest BCUT2D eigenvalue weighted by Crippen LogP contribution is -2.30. The number of carbonyl (C=O) groups is 1. The number of rotatable bonds is 8. The van der Waals surface area contributed by atoms with Crippen molar-refractivity contribution in [3.63, 3.8) is 0 Å². The third-order valence-corrected chi connectivity index (χ3v) is 3.93. The van der Waals surface area contributed by atoms with E-state index in [1.54, 1.807) is 14.2 Å². The molecule has 0 aliphatic carbocycles. The fraction of sp³-hybridized carbons (Fsp3) is 0.588. The van der Waals surface area contributed by atoms with Crippen molar-refractivity contribution in [3.8, 4) is 5.75 Å². The lowest BCUT2D eigenvalue weighted by molar-refractivity contribution is -0.130. The maximum atomic E-state index is 12.2. The molecule has 122 valence electrons. The van der Waals surface area contributed by atoms with Crippen LogP contribution >= 0.6 is 0 Å². The molecule has 0 saturated carbocycles. The number of aryl methyl sites for hydroxylation is 1. The second-order valence-electron chi connectivity index (χ2n) is 5.46. The zero-order valence-corrected chi connectivity index (χ0v) is 13.4. The minimum atomic E-state index is 0.153. The topological polar surface area (TPSA) is 48.0 Å². The number of hydrogen-bond acceptors (Lipinski definition) is 4. The first kappa shape index (κ1) is 16.8. The molecule has 5 heteroatoms. The monoisotopic (exact) mass is 307 g/mol. The lowest BCUT2D eigenvalue weighted by Gasteiger charge is -2.16. The van der Waals surface area contributed by atoms with Gasteiger partial charge in [0, 0.05) is 26.6 Å². The second kappa shape index (κ2) is 8.76. The van der Waals surface area contributed by atoms with Crippen LogP contribution < -0.4 is 4.74 Å². The molecule has 1 amide bonds. The Morgan fingerprint density at radius 2 is 2.00 bits per heavy atom. The summed E-state index contributed by atoms with van der Waals surface area (Å²) in [6.07, 6.45) is 2.36. The average molecular weight is 307 g/mol. The number of methoxy groups -OCH3 is 2. The van der Waals surface area contributed by atoms with Crippen molar-refractivity contribution < 1.29 is 19.0 Å². The first-order valence-electron chi connectivity index (χ1n) is 7.74. The van der Waals surface area contributed by atoms with Gasteiger partial charge in [-0.1, -0.05) is 12.1 Å². The van der Waals surface area contributed by atoms with Gasteiger partial charge in [-0.15, -0.1) is 0 Å². The largest absolute Gasteiger partial charge is 0.497 e. The number of amides is 1. The molecule has 22 heavy (non-hydrogen) atoms. The Morgan fingerprint density at radius 3 is 2.68 bits per heavy atom. The van der Waals surface area contributed by atoms with Crippen LogP contribution in [0, 0.1) is 0 Å². The normalized spacial score (nSPS) is 17.7. The van der Waals surface area contributed by atoms with Gasteiger partial charge < -0.3 is 19.1 Å². The van der Waals surface area contributed by atoms with E-state index in [1.807, 2.05) is 29.2 Å². The van der Waals surface area contributed by atoms with Crippen molar-refractivity contribution >= 4 is 5.91 Å². The third-order valence-electron chi connectivity index (χ3n) is 3.93. The van der Waals surface area contributed by atoms with Crippen molar-refractivity contribution in [2.24, 2.45) is 0 Å². The van der Waals surface area contributed by atoms with E-state index in [4.69, 9.17) is 14.2 Å². The average Bonchev–Trinajstić information content (AvgIpc) is 3.02. The summed E-state index contributed by atoms with van der Waals surface area (Å²) in [6.45, 7) is 2.68. The predicted molar refractivity (Wildman–Crippen MR) is 84.1 cm³/mol. The van der Waals surface area contributed by atoms with E-state index in [1.165, 1.54) is 0 Å². The van der Waals surface area contributed by atoms with Gasteiger partial charge in [-0.3, -0.25) is 4.79 Å². The number of likely N-dealkylation sites (tertiary alicyclic amines) is 1. The van der Waals surface area contributed by atoms with Crippen LogP contribution in [0.3, 0.4) is 0 Å². The summed E-state index contributed by atoms with van der Waals surface area (Å²) in [4.78, 5) is 14.1. The Hall–Kier alpha value is -1.59. The van der Waals surface area contributed by atoms with E-state index in [-0.39, 0.29) is 12.0 Å². The lowest BCUT2D eigenvalue weighted by atomic mass is 10.1. The molecule has 0 spiro atoms. The van der Waals surface area contributed by atoms with Crippen LogP contribution in [0.25, 0.3) is 0 Å². The van der Waals surface area contributed by atoms with Crippen LogP contribution in [0.5, 0.6) is 5.75 Å². The molecule has 1 heterocycles. The summed E-state index contributed by atoms with van der Waals surface area (Å²) in [6, 6.07) is 7.87. The first-order valence-corrected chi connectivity index (χ1v) is 7.74. The van der Waals surface area contributed by atoms with Crippen molar-refractivity contribution in [1.82, 2.24) is 4.90 Å². The van der Waals surface area contributed by atoms with Crippen molar-refractivity contribution in [2.75, 3.05) is 40.5 Å². The van der Waals surface area contributed by atoms with E-state index < -0.39 is 0 Å². The highest BCUT2D eigenvalue weighted by Gasteiger charge is 2.26. The fourth-order valence-corrected chi connectivity index (χ4v) is 2.59. The van der Waals surface area contributed by atoms with Crippen LogP contribution in [-0.4, -0.2) is 57.4 Å². The molecule has 1 aliphatic heterocycles. The van der Waals surface area contributed by atoms with Crippen LogP contribution in [0.2, 0.25) is 0 Å². The molecule has 1 aromatic carbocycles. The van der Waals surface area contributed by atoms with Gasteiger partial charge in [-0.25, -0.2) is 0 Å². The smallest absolute Gasteiger partial charge is 0.222 e. The number of benzene rings is 1. The highest BCUT2D eigenvalue weighted by molar-refractivity contribution is 5.76. The second-order valence-corrected chi connectivity index (χ2v) is 5.46. The molecule has 1 fully saturated rings. The highest BCUT2D eigenvalue weighted by Crippen LogP contribution is 2.16. The Bertz CT molecular complexity index is 460. The molecule has 0 N–H and O–H groups in total. The summed E-state index contributed by atoms with van der Waals surface area (Å²) in [5.41, 5.74) is 1.15. The van der Waals surface area contributed by atoms with E-state index >= 15 is 0 Å². The predicted octanol–water partition coefficient (Wildman–Crippen LogP) is 1.89. The van der Waals surface area contributed by atoms with Gasteiger partial charge >= 0.3 is 0 Å². The van der Waals surface area contributed by atoms with E-state index in [0.29, 0.717) is 26.2 Å². The Labute approximate surface area is 132 Å².